The summed E-state index contributed by atoms with van der Waals surface area (Å²) in [5.41, 5.74) is 2.81. The van der Waals surface area contributed by atoms with Crippen molar-refractivity contribution in [2.45, 2.75) is 46.3 Å². The van der Waals surface area contributed by atoms with Crippen LogP contribution in [0.25, 0.3) is 0 Å². The molecule has 3 heteroatoms. The fourth-order valence-electron chi connectivity index (χ4n) is 2.34. The van der Waals surface area contributed by atoms with Gasteiger partial charge in [-0.3, -0.25) is 0 Å². The minimum Gasteiger partial charge on any atom is -0.334 e. The van der Waals surface area contributed by atoms with E-state index in [1.165, 1.54) is 11.1 Å². The molecule has 0 saturated heterocycles. The van der Waals surface area contributed by atoms with Crippen LogP contribution in [0.15, 0.2) is 36.7 Å². The summed E-state index contributed by atoms with van der Waals surface area (Å²) in [5.74, 6) is 1.12. The van der Waals surface area contributed by atoms with Crippen LogP contribution in [0.1, 0.15) is 37.2 Å². The maximum atomic E-state index is 4.41. The molecule has 0 aliphatic rings. The van der Waals surface area contributed by atoms with E-state index in [9.17, 15) is 0 Å². The summed E-state index contributed by atoms with van der Waals surface area (Å²) in [4.78, 5) is 4.41. The van der Waals surface area contributed by atoms with Gasteiger partial charge in [-0.2, -0.15) is 0 Å². The van der Waals surface area contributed by atoms with Crippen LogP contribution in [0, 0.1) is 0 Å². The highest BCUT2D eigenvalue weighted by atomic mass is 15.1. The Morgan fingerprint density at radius 1 is 1.11 bits per heavy atom. The monoisotopic (exact) mass is 257 g/mol. The van der Waals surface area contributed by atoms with Crippen LogP contribution >= 0.6 is 0 Å². The van der Waals surface area contributed by atoms with Gasteiger partial charge < -0.3 is 9.88 Å². The molecule has 0 bridgehead atoms. The Balaban J connectivity index is 1.91. The number of benzene rings is 1. The van der Waals surface area contributed by atoms with Crippen molar-refractivity contribution < 1.29 is 0 Å². The molecule has 0 aliphatic heterocycles. The Morgan fingerprint density at radius 3 is 2.63 bits per heavy atom. The van der Waals surface area contributed by atoms with E-state index in [1.807, 2.05) is 6.20 Å². The first-order chi connectivity index (χ1) is 9.35. The molecule has 1 N–H and O–H groups in total. The topological polar surface area (TPSA) is 29.9 Å². The van der Waals surface area contributed by atoms with Crippen molar-refractivity contribution in [1.82, 2.24) is 14.9 Å². The smallest absolute Gasteiger partial charge is 0.122 e. The van der Waals surface area contributed by atoms with Crippen molar-refractivity contribution in [1.29, 1.82) is 0 Å². The van der Waals surface area contributed by atoms with Crippen molar-refractivity contribution in [3.63, 3.8) is 0 Å². The SMILES string of the molecule is CCCn1ccnc1CNCc1ccccc1CC. The Hall–Kier alpha value is -1.61. The molecule has 0 fully saturated rings. The minimum absolute atomic E-state index is 0.824. The molecule has 0 aliphatic carbocycles. The molecule has 19 heavy (non-hydrogen) atoms. The second kappa shape index (κ2) is 7.10. The van der Waals surface area contributed by atoms with Crippen molar-refractivity contribution in [3.05, 3.63) is 53.6 Å². The first-order valence-electron chi connectivity index (χ1n) is 7.12. The van der Waals surface area contributed by atoms with Crippen molar-refractivity contribution in [2.24, 2.45) is 0 Å². The predicted molar refractivity (Wildman–Crippen MR) is 78.9 cm³/mol. The lowest BCUT2D eigenvalue weighted by Crippen LogP contribution is -2.17. The normalized spacial score (nSPS) is 10.8. The Bertz CT molecular complexity index is 502. The summed E-state index contributed by atoms with van der Waals surface area (Å²) in [6, 6.07) is 8.61. The molecule has 2 rings (SSSR count). The molecule has 1 heterocycles. The van der Waals surface area contributed by atoms with Crippen molar-refractivity contribution in [3.8, 4) is 0 Å². The van der Waals surface area contributed by atoms with Crippen LogP contribution in [0.3, 0.4) is 0 Å². The number of nitrogens with one attached hydrogen (secondary N) is 1. The number of imidazole rings is 1. The molecule has 0 radical (unpaired) electrons. The molecule has 0 saturated carbocycles. The second-order valence-corrected chi connectivity index (χ2v) is 4.76. The first-order valence-corrected chi connectivity index (χ1v) is 7.12. The lowest BCUT2D eigenvalue weighted by molar-refractivity contribution is 0.587. The maximum Gasteiger partial charge on any atom is 0.122 e. The van der Waals surface area contributed by atoms with Gasteiger partial charge in [-0.25, -0.2) is 4.98 Å². The van der Waals surface area contributed by atoms with Gasteiger partial charge in [0.15, 0.2) is 0 Å². The zero-order chi connectivity index (χ0) is 13.5. The average Bonchev–Trinajstić information content (AvgIpc) is 2.87. The van der Waals surface area contributed by atoms with Crippen LogP contribution < -0.4 is 5.32 Å². The highest BCUT2D eigenvalue weighted by molar-refractivity contribution is 5.26. The van der Waals surface area contributed by atoms with Gasteiger partial charge in [-0.05, 0) is 24.0 Å². The molecule has 0 unspecified atom stereocenters. The van der Waals surface area contributed by atoms with E-state index in [-0.39, 0.29) is 0 Å². The van der Waals surface area contributed by atoms with Gasteiger partial charge in [-0.15, -0.1) is 0 Å². The van der Waals surface area contributed by atoms with Gasteiger partial charge in [0.2, 0.25) is 0 Å². The van der Waals surface area contributed by atoms with E-state index >= 15 is 0 Å². The predicted octanol–water partition coefficient (Wildman–Crippen LogP) is 3.15. The summed E-state index contributed by atoms with van der Waals surface area (Å²) in [7, 11) is 0. The second-order valence-electron chi connectivity index (χ2n) is 4.76. The summed E-state index contributed by atoms with van der Waals surface area (Å²) >= 11 is 0. The van der Waals surface area contributed by atoms with Crippen LogP contribution in [0.4, 0.5) is 0 Å². The van der Waals surface area contributed by atoms with Gasteiger partial charge in [0.1, 0.15) is 5.82 Å². The lowest BCUT2D eigenvalue weighted by Gasteiger charge is -2.10. The highest BCUT2D eigenvalue weighted by Crippen LogP contribution is 2.09. The Morgan fingerprint density at radius 2 is 1.89 bits per heavy atom. The Kier molecular flexibility index (Phi) is 5.16. The number of rotatable bonds is 7. The van der Waals surface area contributed by atoms with E-state index in [4.69, 9.17) is 0 Å². The number of hydrogen-bond donors (Lipinski definition) is 1. The van der Waals surface area contributed by atoms with Gasteiger partial charge >= 0.3 is 0 Å². The fraction of sp³-hybridized carbons (Fsp3) is 0.438. The third-order valence-electron chi connectivity index (χ3n) is 3.36. The van der Waals surface area contributed by atoms with Crippen molar-refractivity contribution in [2.75, 3.05) is 0 Å². The van der Waals surface area contributed by atoms with E-state index in [1.54, 1.807) is 0 Å². The molecule has 2 aromatic rings. The third kappa shape index (κ3) is 3.67. The molecule has 102 valence electrons. The molecular formula is C16H23N3. The van der Waals surface area contributed by atoms with Gasteiger partial charge in [-0.1, -0.05) is 38.1 Å². The van der Waals surface area contributed by atoms with E-state index in [0.717, 1.165) is 38.3 Å². The number of aromatic nitrogens is 2. The minimum atomic E-state index is 0.824. The molecule has 0 spiro atoms. The number of hydrogen-bond acceptors (Lipinski definition) is 2. The number of aryl methyl sites for hydroxylation is 2. The van der Waals surface area contributed by atoms with Crippen LogP contribution in [-0.2, 0) is 26.1 Å². The summed E-state index contributed by atoms with van der Waals surface area (Å²) in [6.45, 7) is 7.16. The fourth-order valence-corrected chi connectivity index (χ4v) is 2.34. The van der Waals surface area contributed by atoms with Crippen molar-refractivity contribution >= 4 is 0 Å². The zero-order valence-electron chi connectivity index (χ0n) is 11.9. The summed E-state index contributed by atoms with van der Waals surface area (Å²) in [6.07, 6.45) is 6.16. The van der Waals surface area contributed by atoms with Crippen LogP contribution in [0.2, 0.25) is 0 Å². The lowest BCUT2D eigenvalue weighted by atomic mass is 10.1. The third-order valence-corrected chi connectivity index (χ3v) is 3.36. The zero-order valence-corrected chi connectivity index (χ0v) is 11.9. The summed E-state index contributed by atoms with van der Waals surface area (Å²) < 4.78 is 2.22. The quantitative estimate of drug-likeness (QED) is 0.826. The molecule has 1 aromatic carbocycles. The molecule has 1 aromatic heterocycles. The highest BCUT2D eigenvalue weighted by Gasteiger charge is 2.03. The number of nitrogens with zero attached hydrogens (tertiary/aromatic N) is 2. The van der Waals surface area contributed by atoms with E-state index in [2.05, 4.69) is 59.2 Å². The van der Waals surface area contributed by atoms with Gasteiger partial charge in [0, 0.05) is 25.5 Å². The molecule has 0 amide bonds. The summed E-state index contributed by atoms with van der Waals surface area (Å²) in [5, 5.41) is 3.49. The van der Waals surface area contributed by atoms with Gasteiger partial charge in [0.25, 0.3) is 0 Å². The molecular weight excluding hydrogens is 234 g/mol. The van der Waals surface area contributed by atoms with E-state index in [0.29, 0.717) is 0 Å². The van der Waals surface area contributed by atoms with Gasteiger partial charge in [0.05, 0.1) is 6.54 Å². The molecule has 0 atom stereocenters. The first kappa shape index (κ1) is 13.8. The van der Waals surface area contributed by atoms with Crippen LogP contribution in [-0.4, -0.2) is 9.55 Å². The Labute approximate surface area is 115 Å². The largest absolute Gasteiger partial charge is 0.334 e. The molecule has 3 nitrogen and oxygen atoms in total. The maximum absolute atomic E-state index is 4.41. The standard InChI is InChI=1S/C16H23N3/c1-3-10-19-11-9-18-16(19)13-17-12-15-8-6-5-7-14(15)4-2/h5-9,11,17H,3-4,10,12-13H2,1-2H3. The average molecular weight is 257 g/mol. The van der Waals surface area contributed by atoms with Crippen LogP contribution in [0.5, 0.6) is 0 Å². The van der Waals surface area contributed by atoms with E-state index < -0.39 is 0 Å².